The summed E-state index contributed by atoms with van der Waals surface area (Å²) in [6.07, 6.45) is 3.38. The van der Waals surface area contributed by atoms with Gasteiger partial charge < -0.3 is 10.2 Å². The zero-order valence-corrected chi connectivity index (χ0v) is 15.6. The van der Waals surface area contributed by atoms with E-state index >= 15 is 0 Å². The molecule has 0 bridgehead atoms. The molecule has 0 aliphatic rings. The SMILES string of the molecule is CCCCN(C)C(=O)c1ccnc(C(=O)Nc2cc(Cl)cc(Cl)c2)c1. The fraction of sp³-hybridized carbons (Fsp3) is 0.278. The first-order valence-electron chi connectivity index (χ1n) is 7.89. The highest BCUT2D eigenvalue weighted by molar-refractivity contribution is 6.35. The second-order valence-corrected chi connectivity index (χ2v) is 6.50. The van der Waals surface area contributed by atoms with Crippen LogP contribution in [0.5, 0.6) is 0 Å². The third-order valence-corrected chi connectivity index (χ3v) is 3.99. The van der Waals surface area contributed by atoms with Gasteiger partial charge in [-0.1, -0.05) is 36.5 Å². The number of amides is 2. The number of benzene rings is 1. The third-order valence-electron chi connectivity index (χ3n) is 3.55. The van der Waals surface area contributed by atoms with Gasteiger partial charge in [-0.3, -0.25) is 14.6 Å². The van der Waals surface area contributed by atoms with E-state index in [1.165, 1.54) is 12.3 Å². The maximum atomic E-state index is 12.4. The Labute approximate surface area is 157 Å². The summed E-state index contributed by atoms with van der Waals surface area (Å²) in [6, 6.07) is 7.81. The van der Waals surface area contributed by atoms with Crippen LogP contribution in [0, 0.1) is 0 Å². The van der Waals surface area contributed by atoms with Crippen LogP contribution in [0.15, 0.2) is 36.5 Å². The molecule has 2 aromatic rings. The first-order valence-corrected chi connectivity index (χ1v) is 8.65. The van der Waals surface area contributed by atoms with E-state index in [2.05, 4.69) is 17.2 Å². The molecule has 7 heteroatoms. The average Bonchev–Trinajstić information content (AvgIpc) is 2.58. The number of nitrogens with one attached hydrogen (secondary N) is 1. The van der Waals surface area contributed by atoms with E-state index in [1.807, 2.05) is 0 Å². The Bertz CT molecular complexity index is 760. The molecule has 25 heavy (non-hydrogen) atoms. The van der Waals surface area contributed by atoms with Gasteiger partial charge in [-0.05, 0) is 36.8 Å². The number of nitrogens with zero attached hydrogens (tertiary/aromatic N) is 2. The molecule has 0 saturated carbocycles. The number of carbonyl (C=O) groups excluding carboxylic acids is 2. The molecular formula is C18H19Cl2N3O2. The van der Waals surface area contributed by atoms with Crippen molar-refractivity contribution in [3.63, 3.8) is 0 Å². The van der Waals surface area contributed by atoms with Crippen LogP contribution in [0.25, 0.3) is 0 Å². The number of hydrogen-bond acceptors (Lipinski definition) is 3. The predicted octanol–water partition coefficient (Wildman–Crippen LogP) is 4.51. The van der Waals surface area contributed by atoms with Gasteiger partial charge in [0.25, 0.3) is 11.8 Å². The van der Waals surface area contributed by atoms with Crippen LogP contribution < -0.4 is 5.32 Å². The lowest BCUT2D eigenvalue weighted by Crippen LogP contribution is -2.28. The van der Waals surface area contributed by atoms with Crippen molar-refractivity contribution < 1.29 is 9.59 Å². The summed E-state index contributed by atoms with van der Waals surface area (Å²) in [5.41, 5.74) is 1.02. The lowest BCUT2D eigenvalue weighted by atomic mass is 10.2. The molecule has 0 atom stereocenters. The molecule has 0 saturated heterocycles. The molecule has 0 radical (unpaired) electrons. The number of aromatic nitrogens is 1. The first-order chi connectivity index (χ1) is 11.9. The summed E-state index contributed by atoms with van der Waals surface area (Å²) >= 11 is 11.8. The molecule has 1 aromatic carbocycles. The Morgan fingerprint density at radius 2 is 1.84 bits per heavy atom. The van der Waals surface area contributed by atoms with Gasteiger partial charge >= 0.3 is 0 Å². The quantitative estimate of drug-likeness (QED) is 0.802. The maximum Gasteiger partial charge on any atom is 0.274 e. The molecule has 2 amide bonds. The van der Waals surface area contributed by atoms with Gasteiger partial charge in [0.05, 0.1) is 0 Å². The van der Waals surface area contributed by atoms with Crippen molar-refractivity contribution in [3.8, 4) is 0 Å². The Morgan fingerprint density at radius 3 is 2.48 bits per heavy atom. The molecule has 0 fully saturated rings. The minimum Gasteiger partial charge on any atom is -0.342 e. The highest BCUT2D eigenvalue weighted by atomic mass is 35.5. The molecule has 1 N–H and O–H groups in total. The van der Waals surface area contributed by atoms with E-state index in [9.17, 15) is 9.59 Å². The molecule has 5 nitrogen and oxygen atoms in total. The number of rotatable bonds is 6. The van der Waals surface area contributed by atoms with Gasteiger partial charge in [0, 0.05) is 41.1 Å². The molecule has 0 spiro atoms. The molecule has 1 heterocycles. The van der Waals surface area contributed by atoms with Crippen LogP contribution in [0.4, 0.5) is 5.69 Å². The van der Waals surface area contributed by atoms with E-state index in [1.54, 1.807) is 36.2 Å². The number of unbranched alkanes of at least 4 members (excludes halogenated alkanes) is 1. The topological polar surface area (TPSA) is 62.3 Å². The van der Waals surface area contributed by atoms with Crippen LogP contribution >= 0.6 is 23.2 Å². The number of anilines is 1. The zero-order valence-electron chi connectivity index (χ0n) is 14.1. The molecule has 132 valence electrons. The van der Waals surface area contributed by atoms with Crippen LogP contribution in [0.3, 0.4) is 0 Å². The second-order valence-electron chi connectivity index (χ2n) is 5.62. The van der Waals surface area contributed by atoms with Crippen molar-refractivity contribution in [2.24, 2.45) is 0 Å². The number of carbonyl (C=O) groups is 2. The highest BCUT2D eigenvalue weighted by Crippen LogP contribution is 2.22. The minimum atomic E-state index is -0.441. The maximum absolute atomic E-state index is 12.4. The lowest BCUT2D eigenvalue weighted by molar-refractivity contribution is 0.0793. The monoisotopic (exact) mass is 379 g/mol. The fourth-order valence-corrected chi connectivity index (χ4v) is 2.75. The Morgan fingerprint density at radius 1 is 1.16 bits per heavy atom. The highest BCUT2D eigenvalue weighted by Gasteiger charge is 2.15. The van der Waals surface area contributed by atoms with Gasteiger partial charge in [-0.25, -0.2) is 0 Å². The number of hydrogen-bond donors (Lipinski definition) is 1. The standard InChI is InChI=1S/C18H19Cl2N3O2/c1-3-4-7-23(2)18(25)12-5-6-21-16(8-12)17(24)22-15-10-13(19)9-14(20)11-15/h5-6,8-11H,3-4,7H2,1-2H3,(H,22,24). The minimum absolute atomic E-state index is 0.143. The van der Waals surface area contributed by atoms with E-state index < -0.39 is 5.91 Å². The summed E-state index contributed by atoms with van der Waals surface area (Å²) in [7, 11) is 1.74. The average molecular weight is 380 g/mol. The van der Waals surface area contributed by atoms with Crippen molar-refractivity contribution in [2.75, 3.05) is 18.9 Å². The summed E-state index contributed by atoms with van der Waals surface area (Å²) < 4.78 is 0. The van der Waals surface area contributed by atoms with E-state index in [0.29, 0.717) is 27.8 Å². The molecule has 0 unspecified atom stereocenters. The first kappa shape index (κ1) is 19.2. The zero-order chi connectivity index (χ0) is 18.4. The van der Waals surface area contributed by atoms with Gasteiger partial charge in [-0.15, -0.1) is 0 Å². The van der Waals surface area contributed by atoms with Crippen molar-refractivity contribution in [2.45, 2.75) is 19.8 Å². The molecule has 1 aromatic heterocycles. The Kier molecular flexibility index (Phi) is 6.79. The van der Waals surface area contributed by atoms with Crippen molar-refractivity contribution in [1.82, 2.24) is 9.88 Å². The molecular weight excluding hydrogens is 361 g/mol. The predicted molar refractivity (Wildman–Crippen MR) is 101 cm³/mol. The van der Waals surface area contributed by atoms with Gasteiger partial charge in [0.1, 0.15) is 5.69 Å². The van der Waals surface area contributed by atoms with Gasteiger partial charge in [0.15, 0.2) is 0 Å². The van der Waals surface area contributed by atoms with Crippen LogP contribution in [0.1, 0.15) is 40.6 Å². The van der Waals surface area contributed by atoms with Crippen LogP contribution in [-0.4, -0.2) is 35.3 Å². The largest absolute Gasteiger partial charge is 0.342 e. The van der Waals surface area contributed by atoms with E-state index in [4.69, 9.17) is 23.2 Å². The van der Waals surface area contributed by atoms with E-state index in [0.717, 1.165) is 12.8 Å². The van der Waals surface area contributed by atoms with Gasteiger partial charge in [-0.2, -0.15) is 0 Å². The number of pyridine rings is 1. The van der Waals surface area contributed by atoms with Crippen LogP contribution in [-0.2, 0) is 0 Å². The van der Waals surface area contributed by atoms with Crippen molar-refractivity contribution in [3.05, 3.63) is 57.8 Å². The van der Waals surface area contributed by atoms with Crippen molar-refractivity contribution >= 4 is 40.7 Å². The smallest absolute Gasteiger partial charge is 0.274 e. The molecule has 2 rings (SSSR count). The summed E-state index contributed by atoms with van der Waals surface area (Å²) in [5, 5.41) is 3.50. The van der Waals surface area contributed by atoms with E-state index in [-0.39, 0.29) is 11.6 Å². The Hall–Kier alpha value is -2.11. The lowest BCUT2D eigenvalue weighted by Gasteiger charge is -2.17. The Balaban J connectivity index is 2.14. The van der Waals surface area contributed by atoms with Crippen molar-refractivity contribution in [1.29, 1.82) is 0 Å². The van der Waals surface area contributed by atoms with Crippen LogP contribution in [0.2, 0.25) is 10.0 Å². The summed E-state index contributed by atoms with van der Waals surface area (Å²) in [6.45, 7) is 2.73. The number of halogens is 2. The summed E-state index contributed by atoms with van der Waals surface area (Å²) in [4.78, 5) is 30.4. The molecule has 0 aliphatic heterocycles. The fourth-order valence-electron chi connectivity index (χ4n) is 2.23. The van der Waals surface area contributed by atoms with Gasteiger partial charge in [0.2, 0.25) is 0 Å². The second kappa shape index (κ2) is 8.83. The normalized spacial score (nSPS) is 10.4. The third kappa shape index (κ3) is 5.44. The summed E-state index contributed by atoms with van der Waals surface area (Å²) in [5.74, 6) is -0.583. The molecule has 0 aliphatic carbocycles.